The van der Waals surface area contributed by atoms with Crippen molar-refractivity contribution in [1.29, 1.82) is 0 Å². The highest BCUT2D eigenvalue weighted by atomic mass is 16.3. The lowest BCUT2D eigenvalue weighted by Crippen LogP contribution is -2.35. The molecule has 4 N–H and O–H groups in total. The molecule has 0 fully saturated rings. The highest BCUT2D eigenvalue weighted by Crippen LogP contribution is 2.19. The average Bonchev–Trinajstić information content (AvgIpc) is 2.48. The quantitative estimate of drug-likeness (QED) is 0.435. The second kappa shape index (κ2) is 10.1. The molecule has 0 heterocycles. The fourth-order valence-electron chi connectivity index (χ4n) is 2.15. The molecule has 0 spiro atoms. The zero-order valence-electron chi connectivity index (χ0n) is 15.9. The fourth-order valence-corrected chi connectivity index (χ4v) is 2.15. The summed E-state index contributed by atoms with van der Waals surface area (Å²) < 4.78 is 0. The Labute approximate surface area is 147 Å². The van der Waals surface area contributed by atoms with Crippen LogP contribution in [0.4, 0.5) is 0 Å². The van der Waals surface area contributed by atoms with Gasteiger partial charge in [-0.25, -0.2) is 0 Å². The third-order valence-electron chi connectivity index (χ3n) is 4.40. The minimum Gasteiger partial charge on any atom is -0.390 e. The van der Waals surface area contributed by atoms with Gasteiger partial charge >= 0.3 is 0 Å². The molecular formula is C20H36O4. The SMILES string of the molecule is C=C[C@@](C)(O)CC/C=C(\C)[C@@H](O)C/C=C(\C)CC[C@@H](O)C(C)(C)O. The van der Waals surface area contributed by atoms with E-state index in [-0.39, 0.29) is 0 Å². The van der Waals surface area contributed by atoms with Gasteiger partial charge in [-0.05, 0) is 72.3 Å². The third-order valence-corrected chi connectivity index (χ3v) is 4.40. The molecule has 0 aromatic carbocycles. The summed E-state index contributed by atoms with van der Waals surface area (Å²) in [5, 5.41) is 39.6. The highest BCUT2D eigenvalue weighted by molar-refractivity contribution is 5.10. The van der Waals surface area contributed by atoms with Gasteiger partial charge in [0.05, 0.1) is 23.4 Å². The maximum Gasteiger partial charge on any atom is 0.0849 e. The van der Waals surface area contributed by atoms with E-state index >= 15 is 0 Å². The summed E-state index contributed by atoms with van der Waals surface area (Å²) in [6.45, 7) is 12.4. The van der Waals surface area contributed by atoms with Gasteiger partial charge in [-0.2, -0.15) is 0 Å². The second-order valence-electron chi connectivity index (χ2n) is 7.56. The van der Waals surface area contributed by atoms with Gasteiger partial charge < -0.3 is 20.4 Å². The molecule has 0 aliphatic carbocycles. The van der Waals surface area contributed by atoms with Crippen LogP contribution in [0.2, 0.25) is 0 Å². The summed E-state index contributed by atoms with van der Waals surface area (Å²) in [5.41, 5.74) is 0.000799. The molecule has 0 saturated heterocycles. The van der Waals surface area contributed by atoms with Gasteiger partial charge in [-0.15, -0.1) is 6.58 Å². The van der Waals surface area contributed by atoms with E-state index < -0.39 is 23.4 Å². The molecule has 4 nitrogen and oxygen atoms in total. The molecule has 0 unspecified atom stereocenters. The van der Waals surface area contributed by atoms with E-state index in [9.17, 15) is 20.4 Å². The molecule has 3 atom stereocenters. The fraction of sp³-hybridized carbons (Fsp3) is 0.700. The third kappa shape index (κ3) is 10.0. The van der Waals surface area contributed by atoms with Gasteiger partial charge in [-0.1, -0.05) is 23.8 Å². The number of allylic oxidation sites excluding steroid dienone is 2. The summed E-state index contributed by atoms with van der Waals surface area (Å²) in [6.07, 6.45) is 7.09. The van der Waals surface area contributed by atoms with Gasteiger partial charge in [0.15, 0.2) is 0 Å². The van der Waals surface area contributed by atoms with Crippen molar-refractivity contribution in [2.75, 3.05) is 0 Å². The minimum absolute atomic E-state index is 0.493. The number of aliphatic hydroxyl groups excluding tert-OH is 2. The molecule has 0 aliphatic heterocycles. The van der Waals surface area contributed by atoms with Gasteiger partial charge in [-0.3, -0.25) is 0 Å². The lowest BCUT2D eigenvalue weighted by atomic mass is 9.95. The first-order valence-corrected chi connectivity index (χ1v) is 8.66. The van der Waals surface area contributed by atoms with Crippen LogP contribution in [-0.2, 0) is 0 Å². The maximum atomic E-state index is 10.2. The molecule has 0 saturated carbocycles. The van der Waals surface area contributed by atoms with Crippen LogP contribution in [-0.4, -0.2) is 43.8 Å². The van der Waals surface area contributed by atoms with E-state index in [0.29, 0.717) is 32.1 Å². The predicted octanol–water partition coefficient (Wildman–Crippen LogP) is 3.26. The Kier molecular flexibility index (Phi) is 9.74. The summed E-state index contributed by atoms with van der Waals surface area (Å²) >= 11 is 0. The Hall–Kier alpha value is -0.940. The number of aliphatic hydroxyl groups is 4. The Balaban J connectivity index is 4.34. The average molecular weight is 341 g/mol. The van der Waals surface area contributed by atoms with Crippen LogP contribution in [0, 0.1) is 0 Å². The Morgan fingerprint density at radius 2 is 1.67 bits per heavy atom. The summed E-state index contributed by atoms with van der Waals surface area (Å²) in [4.78, 5) is 0. The lowest BCUT2D eigenvalue weighted by molar-refractivity contribution is -0.0509. The molecular weight excluding hydrogens is 304 g/mol. The number of hydrogen-bond donors (Lipinski definition) is 4. The number of hydrogen-bond acceptors (Lipinski definition) is 4. The molecule has 4 heteroatoms. The highest BCUT2D eigenvalue weighted by Gasteiger charge is 2.23. The lowest BCUT2D eigenvalue weighted by Gasteiger charge is -2.24. The van der Waals surface area contributed by atoms with Crippen LogP contribution in [0.3, 0.4) is 0 Å². The maximum absolute atomic E-state index is 10.2. The van der Waals surface area contributed by atoms with E-state index in [0.717, 1.165) is 11.1 Å². The van der Waals surface area contributed by atoms with Crippen molar-refractivity contribution in [2.24, 2.45) is 0 Å². The van der Waals surface area contributed by atoms with Crippen molar-refractivity contribution in [3.63, 3.8) is 0 Å². The standard InChI is InChI=1S/C20H36O4/c1-7-20(6,24)14-8-9-16(3)17(21)12-10-15(2)11-13-18(22)19(4,5)23/h7,9-10,17-18,21-24H,1,8,11-14H2,2-6H3/b15-10+,16-9+/t17-,18+,20+/m0/s1. The van der Waals surface area contributed by atoms with Crippen molar-refractivity contribution in [3.05, 3.63) is 36.0 Å². The zero-order valence-corrected chi connectivity index (χ0v) is 15.9. The largest absolute Gasteiger partial charge is 0.390 e. The summed E-state index contributed by atoms with van der Waals surface area (Å²) in [5.74, 6) is 0. The summed E-state index contributed by atoms with van der Waals surface area (Å²) in [7, 11) is 0. The Morgan fingerprint density at radius 1 is 1.08 bits per heavy atom. The smallest absolute Gasteiger partial charge is 0.0849 e. The van der Waals surface area contributed by atoms with Crippen LogP contribution in [0.15, 0.2) is 36.0 Å². The second-order valence-corrected chi connectivity index (χ2v) is 7.56. The van der Waals surface area contributed by atoms with Gasteiger partial charge in [0.2, 0.25) is 0 Å². The minimum atomic E-state index is -1.09. The molecule has 24 heavy (non-hydrogen) atoms. The van der Waals surface area contributed by atoms with Crippen molar-refractivity contribution in [3.8, 4) is 0 Å². The molecule has 0 amide bonds. The monoisotopic (exact) mass is 340 g/mol. The molecule has 0 bridgehead atoms. The van der Waals surface area contributed by atoms with E-state index in [2.05, 4.69) is 6.58 Å². The molecule has 0 rings (SSSR count). The van der Waals surface area contributed by atoms with Crippen molar-refractivity contribution in [1.82, 2.24) is 0 Å². The van der Waals surface area contributed by atoms with Gasteiger partial charge in [0.25, 0.3) is 0 Å². The summed E-state index contributed by atoms with van der Waals surface area (Å²) in [6, 6.07) is 0. The van der Waals surface area contributed by atoms with Gasteiger partial charge in [0.1, 0.15) is 0 Å². The normalized spacial score (nSPS) is 18.9. The molecule has 140 valence electrons. The predicted molar refractivity (Wildman–Crippen MR) is 99.7 cm³/mol. The first-order chi connectivity index (χ1) is 10.9. The topological polar surface area (TPSA) is 80.9 Å². The van der Waals surface area contributed by atoms with Crippen LogP contribution in [0.5, 0.6) is 0 Å². The van der Waals surface area contributed by atoms with Crippen LogP contribution >= 0.6 is 0 Å². The van der Waals surface area contributed by atoms with Crippen molar-refractivity contribution in [2.45, 2.75) is 90.1 Å². The first kappa shape index (κ1) is 23.1. The van der Waals surface area contributed by atoms with Crippen molar-refractivity contribution < 1.29 is 20.4 Å². The molecule has 0 aliphatic rings. The van der Waals surface area contributed by atoms with Crippen LogP contribution in [0.25, 0.3) is 0 Å². The molecule has 0 aromatic rings. The van der Waals surface area contributed by atoms with E-state index in [1.165, 1.54) is 6.08 Å². The van der Waals surface area contributed by atoms with E-state index in [1.807, 2.05) is 26.0 Å². The molecule has 0 radical (unpaired) electrons. The van der Waals surface area contributed by atoms with E-state index in [4.69, 9.17) is 0 Å². The Morgan fingerprint density at radius 3 is 2.17 bits per heavy atom. The number of rotatable bonds is 11. The van der Waals surface area contributed by atoms with Gasteiger partial charge in [0, 0.05) is 0 Å². The van der Waals surface area contributed by atoms with Crippen molar-refractivity contribution >= 4 is 0 Å². The van der Waals surface area contributed by atoms with Crippen LogP contribution in [0.1, 0.15) is 66.7 Å². The Bertz CT molecular complexity index is 441. The zero-order chi connectivity index (χ0) is 19.0. The first-order valence-electron chi connectivity index (χ1n) is 8.66. The van der Waals surface area contributed by atoms with Crippen LogP contribution < -0.4 is 0 Å². The molecule has 0 aromatic heterocycles. The van der Waals surface area contributed by atoms with E-state index in [1.54, 1.807) is 20.8 Å².